The van der Waals surface area contributed by atoms with Crippen molar-refractivity contribution in [2.45, 2.75) is 19.1 Å². The molecule has 0 aliphatic heterocycles. The number of rotatable bonds is 4. The minimum Gasteiger partial charge on any atom is -0.354 e. The maximum Gasteiger partial charge on any atom is 0.285 e. The maximum atomic E-state index is 12.9. The van der Waals surface area contributed by atoms with Crippen molar-refractivity contribution in [1.82, 2.24) is 0 Å². The standard InChI is InChI=1S/C11H15F2NO/c1-11(15-3,10(12)13)14(2)9-7-5-4-6-8-9/h4-8,10H,1-3H3. The zero-order valence-electron chi connectivity index (χ0n) is 9.08. The van der Waals surface area contributed by atoms with Crippen LogP contribution in [0.15, 0.2) is 30.3 Å². The van der Waals surface area contributed by atoms with Crippen molar-refractivity contribution in [3.05, 3.63) is 30.3 Å². The average Bonchev–Trinajstić information content (AvgIpc) is 2.28. The van der Waals surface area contributed by atoms with Crippen LogP contribution in [-0.4, -0.2) is 26.3 Å². The minimum absolute atomic E-state index is 0.696. The lowest BCUT2D eigenvalue weighted by atomic mass is 10.2. The number of benzene rings is 1. The normalized spacial score (nSPS) is 15.1. The molecule has 1 unspecified atom stereocenters. The van der Waals surface area contributed by atoms with Crippen LogP contribution < -0.4 is 4.90 Å². The van der Waals surface area contributed by atoms with Gasteiger partial charge in [-0.05, 0) is 19.1 Å². The Morgan fingerprint density at radius 1 is 1.27 bits per heavy atom. The van der Waals surface area contributed by atoms with Crippen LogP contribution >= 0.6 is 0 Å². The summed E-state index contributed by atoms with van der Waals surface area (Å²) in [5, 5.41) is 0. The van der Waals surface area contributed by atoms with Crippen LogP contribution in [0.2, 0.25) is 0 Å². The summed E-state index contributed by atoms with van der Waals surface area (Å²) < 4.78 is 30.6. The second-order valence-electron chi connectivity index (χ2n) is 3.45. The Hall–Kier alpha value is -1.16. The molecule has 0 radical (unpaired) electrons. The molecular formula is C11H15F2NO. The number of alkyl halides is 2. The molecule has 0 spiro atoms. The van der Waals surface area contributed by atoms with E-state index < -0.39 is 12.2 Å². The quantitative estimate of drug-likeness (QED) is 0.716. The third-order valence-electron chi connectivity index (χ3n) is 2.63. The third-order valence-corrected chi connectivity index (χ3v) is 2.63. The Morgan fingerprint density at radius 3 is 2.20 bits per heavy atom. The highest BCUT2D eigenvalue weighted by molar-refractivity contribution is 5.47. The smallest absolute Gasteiger partial charge is 0.285 e. The first-order valence-corrected chi connectivity index (χ1v) is 4.64. The van der Waals surface area contributed by atoms with Crippen LogP contribution in [-0.2, 0) is 4.74 Å². The first-order valence-electron chi connectivity index (χ1n) is 4.64. The van der Waals surface area contributed by atoms with E-state index in [2.05, 4.69) is 0 Å². The van der Waals surface area contributed by atoms with Crippen LogP contribution in [0.4, 0.5) is 14.5 Å². The summed E-state index contributed by atoms with van der Waals surface area (Å²) in [6, 6.07) is 8.96. The molecular weight excluding hydrogens is 200 g/mol. The molecule has 0 aliphatic rings. The second kappa shape index (κ2) is 4.57. The molecule has 1 rings (SSSR count). The van der Waals surface area contributed by atoms with Gasteiger partial charge >= 0.3 is 0 Å². The zero-order chi connectivity index (χ0) is 11.5. The molecule has 0 saturated heterocycles. The molecule has 1 atom stereocenters. The van der Waals surface area contributed by atoms with Crippen LogP contribution in [0, 0.1) is 0 Å². The molecule has 2 nitrogen and oxygen atoms in total. The van der Waals surface area contributed by atoms with E-state index >= 15 is 0 Å². The van der Waals surface area contributed by atoms with Gasteiger partial charge in [-0.15, -0.1) is 0 Å². The fourth-order valence-electron chi connectivity index (χ4n) is 1.28. The topological polar surface area (TPSA) is 12.5 Å². The van der Waals surface area contributed by atoms with E-state index in [-0.39, 0.29) is 0 Å². The monoisotopic (exact) mass is 215 g/mol. The van der Waals surface area contributed by atoms with Gasteiger partial charge in [-0.3, -0.25) is 0 Å². The highest BCUT2D eigenvalue weighted by Crippen LogP contribution is 2.28. The Kier molecular flexibility index (Phi) is 3.63. The van der Waals surface area contributed by atoms with Gasteiger partial charge in [-0.1, -0.05) is 18.2 Å². The van der Waals surface area contributed by atoms with E-state index in [9.17, 15) is 8.78 Å². The van der Waals surface area contributed by atoms with Crippen molar-refractivity contribution in [3.8, 4) is 0 Å². The Balaban J connectivity index is 2.97. The maximum absolute atomic E-state index is 12.9. The fraction of sp³-hybridized carbons (Fsp3) is 0.455. The van der Waals surface area contributed by atoms with Gasteiger partial charge in [0.2, 0.25) is 0 Å². The number of hydrogen-bond acceptors (Lipinski definition) is 2. The fourth-order valence-corrected chi connectivity index (χ4v) is 1.28. The second-order valence-corrected chi connectivity index (χ2v) is 3.45. The number of anilines is 1. The molecule has 84 valence electrons. The summed E-state index contributed by atoms with van der Waals surface area (Å²) in [7, 11) is 2.87. The highest BCUT2D eigenvalue weighted by atomic mass is 19.3. The molecule has 1 aromatic carbocycles. The lowest BCUT2D eigenvalue weighted by Crippen LogP contribution is -2.51. The van der Waals surface area contributed by atoms with Crippen molar-refractivity contribution in [1.29, 1.82) is 0 Å². The van der Waals surface area contributed by atoms with Crippen molar-refractivity contribution < 1.29 is 13.5 Å². The Labute approximate surface area is 88.5 Å². The minimum atomic E-state index is -2.58. The van der Waals surface area contributed by atoms with E-state index in [4.69, 9.17) is 4.74 Å². The molecule has 0 N–H and O–H groups in total. The van der Waals surface area contributed by atoms with Crippen molar-refractivity contribution in [3.63, 3.8) is 0 Å². The van der Waals surface area contributed by atoms with Gasteiger partial charge in [0.05, 0.1) is 0 Å². The van der Waals surface area contributed by atoms with E-state index in [1.54, 1.807) is 31.3 Å². The molecule has 15 heavy (non-hydrogen) atoms. The van der Waals surface area contributed by atoms with Crippen molar-refractivity contribution in [2.24, 2.45) is 0 Å². The molecule has 1 aromatic rings. The Morgan fingerprint density at radius 2 is 1.80 bits per heavy atom. The van der Waals surface area contributed by atoms with E-state index in [1.807, 2.05) is 6.07 Å². The molecule has 0 saturated carbocycles. The van der Waals surface area contributed by atoms with Gasteiger partial charge in [0.1, 0.15) is 0 Å². The molecule has 0 aliphatic carbocycles. The number of nitrogens with zero attached hydrogens (tertiary/aromatic N) is 1. The van der Waals surface area contributed by atoms with E-state index in [0.29, 0.717) is 5.69 Å². The lowest BCUT2D eigenvalue weighted by Gasteiger charge is -2.38. The summed E-state index contributed by atoms with van der Waals surface area (Å²) in [4.78, 5) is 1.43. The third kappa shape index (κ3) is 2.26. The highest BCUT2D eigenvalue weighted by Gasteiger charge is 2.39. The molecule has 0 aromatic heterocycles. The largest absolute Gasteiger partial charge is 0.354 e. The number of hydrogen-bond donors (Lipinski definition) is 0. The molecule has 0 heterocycles. The van der Waals surface area contributed by atoms with Crippen LogP contribution in [0.1, 0.15) is 6.92 Å². The predicted octanol–water partition coefficient (Wildman–Crippen LogP) is 2.75. The van der Waals surface area contributed by atoms with Crippen molar-refractivity contribution in [2.75, 3.05) is 19.1 Å². The molecule has 0 amide bonds. The summed E-state index contributed by atoms with van der Waals surface area (Å²) in [5.41, 5.74) is -0.899. The van der Waals surface area contributed by atoms with E-state index in [0.717, 1.165) is 0 Å². The van der Waals surface area contributed by atoms with E-state index in [1.165, 1.54) is 18.9 Å². The van der Waals surface area contributed by atoms with Crippen LogP contribution in [0.3, 0.4) is 0 Å². The van der Waals surface area contributed by atoms with Gasteiger partial charge < -0.3 is 9.64 Å². The number of halogens is 2. The Bertz CT molecular complexity index is 305. The predicted molar refractivity (Wildman–Crippen MR) is 56.3 cm³/mol. The first-order chi connectivity index (χ1) is 7.02. The van der Waals surface area contributed by atoms with Gasteiger partial charge in [0.25, 0.3) is 6.43 Å². The first kappa shape index (κ1) is 11.9. The summed E-state index contributed by atoms with van der Waals surface area (Å²) >= 11 is 0. The van der Waals surface area contributed by atoms with Crippen LogP contribution in [0.25, 0.3) is 0 Å². The lowest BCUT2D eigenvalue weighted by molar-refractivity contribution is -0.107. The SMILES string of the molecule is COC(C)(C(F)F)N(C)c1ccccc1. The molecule has 0 fully saturated rings. The number of para-hydroxylation sites is 1. The summed E-state index contributed by atoms with van der Waals surface area (Å²) in [5.74, 6) is 0. The van der Waals surface area contributed by atoms with Gasteiger partial charge in [-0.2, -0.15) is 0 Å². The van der Waals surface area contributed by atoms with Crippen LogP contribution in [0.5, 0.6) is 0 Å². The average molecular weight is 215 g/mol. The number of ether oxygens (including phenoxy) is 1. The molecule has 0 bridgehead atoms. The molecule has 4 heteroatoms. The van der Waals surface area contributed by atoms with Gasteiger partial charge in [0, 0.05) is 19.8 Å². The zero-order valence-corrected chi connectivity index (χ0v) is 9.08. The number of methoxy groups -OCH3 is 1. The van der Waals surface area contributed by atoms with Gasteiger partial charge in [-0.25, -0.2) is 8.78 Å². The summed E-state index contributed by atoms with van der Waals surface area (Å²) in [6.45, 7) is 1.37. The summed E-state index contributed by atoms with van der Waals surface area (Å²) in [6.07, 6.45) is -2.58. The van der Waals surface area contributed by atoms with Gasteiger partial charge in [0.15, 0.2) is 5.72 Å². The van der Waals surface area contributed by atoms with Crippen molar-refractivity contribution >= 4 is 5.69 Å².